The molecular formula is C16H19N3O2S. The van der Waals surface area contributed by atoms with Gasteiger partial charge >= 0.3 is 0 Å². The lowest BCUT2D eigenvalue weighted by molar-refractivity contribution is -0.120. The zero-order valence-corrected chi connectivity index (χ0v) is 13.2. The molecule has 0 bridgehead atoms. The van der Waals surface area contributed by atoms with Gasteiger partial charge in [0.1, 0.15) is 0 Å². The minimum Gasteiger partial charge on any atom is -0.354 e. The summed E-state index contributed by atoms with van der Waals surface area (Å²) in [6, 6.07) is 5.58. The van der Waals surface area contributed by atoms with Gasteiger partial charge in [-0.05, 0) is 42.7 Å². The van der Waals surface area contributed by atoms with Gasteiger partial charge in [0.15, 0.2) is 0 Å². The van der Waals surface area contributed by atoms with Crippen LogP contribution >= 0.6 is 11.3 Å². The van der Waals surface area contributed by atoms with Crippen LogP contribution in [0.25, 0.3) is 0 Å². The summed E-state index contributed by atoms with van der Waals surface area (Å²) in [7, 11) is 0. The molecule has 1 amide bonds. The zero-order chi connectivity index (χ0) is 15.4. The van der Waals surface area contributed by atoms with Gasteiger partial charge in [-0.2, -0.15) is 5.10 Å². The van der Waals surface area contributed by atoms with Gasteiger partial charge in [0.2, 0.25) is 5.91 Å². The maximum Gasteiger partial charge on any atom is 0.267 e. The van der Waals surface area contributed by atoms with E-state index >= 15 is 0 Å². The molecule has 2 aromatic rings. The molecule has 0 radical (unpaired) electrons. The first-order valence-corrected chi connectivity index (χ1v) is 8.49. The highest BCUT2D eigenvalue weighted by molar-refractivity contribution is 7.10. The fourth-order valence-electron chi connectivity index (χ4n) is 2.70. The van der Waals surface area contributed by atoms with E-state index in [1.807, 2.05) is 17.5 Å². The smallest absolute Gasteiger partial charge is 0.267 e. The number of aromatic nitrogens is 2. The number of aryl methyl sites for hydroxylation is 2. The molecule has 1 N–H and O–H groups in total. The molecule has 116 valence electrons. The SMILES string of the molecule is O=C(Cc1cccs1)NCCn1nc2c(cc1=O)CCCC2. The fraction of sp³-hybridized carbons (Fsp3) is 0.438. The number of hydrogen-bond donors (Lipinski definition) is 1. The molecule has 0 saturated heterocycles. The Morgan fingerprint density at radius 3 is 3.05 bits per heavy atom. The van der Waals surface area contributed by atoms with Gasteiger partial charge in [-0.25, -0.2) is 4.68 Å². The van der Waals surface area contributed by atoms with Crippen molar-refractivity contribution < 1.29 is 4.79 Å². The predicted molar refractivity (Wildman–Crippen MR) is 86.2 cm³/mol. The average Bonchev–Trinajstić information content (AvgIpc) is 3.00. The first-order valence-electron chi connectivity index (χ1n) is 7.61. The monoisotopic (exact) mass is 317 g/mol. The van der Waals surface area contributed by atoms with Gasteiger partial charge in [0.25, 0.3) is 5.56 Å². The quantitative estimate of drug-likeness (QED) is 0.910. The zero-order valence-electron chi connectivity index (χ0n) is 12.4. The van der Waals surface area contributed by atoms with Crippen molar-refractivity contribution in [3.8, 4) is 0 Å². The molecule has 0 unspecified atom stereocenters. The lowest BCUT2D eigenvalue weighted by Crippen LogP contribution is -2.33. The van der Waals surface area contributed by atoms with Crippen LogP contribution in [0.1, 0.15) is 29.0 Å². The Balaban J connectivity index is 1.55. The summed E-state index contributed by atoms with van der Waals surface area (Å²) in [6.45, 7) is 0.845. The van der Waals surface area contributed by atoms with Crippen LogP contribution in [0.2, 0.25) is 0 Å². The Hall–Kier alpha value is -1.95. The van der Waals surface area contributed by atoms with Crippen LogP contribution in [-0.4, -0.2) is 22.2 Å². The molecule has 3 rings (SSSR count). The molecule has 5 nitrogen and oxygen atoms in total. The van der Waals surface area contributed by atoms with E-state index in [9.17, 15) is 9.59 Å². The van der Waals surface area contributed by atoms with Crippen LogP contribution in [-0.2, 0) is 30.6 Å². The van der Waals surface area contributed by atoms with Crippen molar-refractivity contribution in [3.05, 3.63) is 50.1 Å². The summed E-state index contributed by atoms with van der Waals surface area (Å²) >= 11 is 1.57. The summed E-state index contributed by atoms with van der Waals surface area (Å²) in [5.74, 6) is -0.0199. The Bertz CT molecular complexity index is 707. The second-order valence-electron chi connectivity index (χ2n) is 5.49. The van der Waals surface area contributed by atoms with Gasteiger partial charge in [-0.1, -0.05) is 6.07 Å². The minimum absolute atomic E-state index is 0.0199. The van der Waals surface area contributed by atoms with Crippen molar-refractivity contribution in [1.82, 2.24) is 15.1 Å². The number of carbonyl (C=O) groups excluding carboxylic acids is 1. The maximum absolute atomic E-state index is 12.0. The minimum atomic E-state index is -0.0758. The van der Waals surface area contributed by atoms with Crippen LogP contribution in [0, 0.1) is 0 Å². The van der Waals surface area contributed by atoms with E-state index in [0.29, 0.717) is 19.5 Å². The number of nitrogens with zero attached hydrogens (tertiary/aromatic N) is 2. The molecule has 2 heterocycles. The van der Waals surface area contributed by atoms with Gasteiger partial charge in [-0.3, -0.25) is 9.59 Å². The van der Waals surface area contributed by atoms with Gasteiger partial charge in [0, 0.05) is 17.5 Å². The Labute approximate surface area is 133 Å². The third-order valence-corrected chi connectivity index (χ3v) is 4.71. The van der Waals surface area contributed by atoms with E-state index in [-0.39, 0.29) is 11.5 Å². The molecule has 2 aromatic heterocycles. The lowest BCUT2D eigenvalue weighted by Gasteiger charge is -2.16. The summed E-state index contributed by atoms with van der Waals surface area (Å²) < 4.78 is 1.47. The highest BCUT2D eigenvalue weighted by Crippen LogP contribution is 2.16. The summed E-state index contributed by atoms with van der Waals surface area (Å²) in [5.41, 5.74) is 2.05. The Morgan fingerprint density at radius 2 is 2.23 bits per heavy atom. The van der Waals surface area contributed by atoms with E-state index in [1.54, 1.807) is 17.4 Å². The molecular weight excluding hydrogens is 298 g/mol. The molecule has 1 aliphatic carbocycles. The van der Waals surface area contributed by atoms with Crippen molar-refractivity contribution in [3.63, 3.8) is 0 Å². The number of rotatable bonds is 5. The van der Waals surface area contributed by atoms with Crippen LogP contribution < -0.4 is 10.9 Å². The number of fused-ring (bicyclic) bond motifs is 1. The standard InChI is InChI=1S/C16H19N3O2S/c20-15(11-13-5-3-9-22-13)17-7-8-19-16(21)10-12-4-1-2-6-14(12)18-19/h3,5,9-10H,1-2,4,6-8,11H2,(H,17,20). The summed E-state index contributed by atoms with van der Waals surface area (Å²) in [5, 5.41) is 9.24. The Morgan fingerprint density at radius 1 is 1.36 bits per heavy atom. The van der Waals surface area contributed by atoms with E-state index in [4.69, 9.17) is 0 Å². The molecule has 0 spiro atoms. The van der Waals surface area contributed by atoms with E-state index < -0.39 is 0 Å². The van der Waals surface area contributed by atoms with Crippen molar-refractivity contribution >= 4 is 17.2 Å². The molecule has 0 atom stereocenters. The average molecular weight is 317 g/mol. The first-order chi connectivity index (χ1) is 10.7. The fourth-order valence-corrected chi connectivity index (χ4v) is 3.40. The third kappa shape index (κ3) is 3.62. The highest BCUT2D eigenvalue weighted by atomic mass is 32.1. The molecule has 0 aliphatic heterocycles. The van der Waals surface area contributed by atoms with E-state index in [1.165, 1.54) is 4.68 Å². The highest BCUT2D eigenvalue weighted by Gasteiger charge is 2.13. The summed E-state index contributed by atoms with van der Waals surface area (Å²) in [6.07, 6.45) is 4.56. The van der Waals surface area contributed by atoms with Crippen LogP contribution in [0.4, 0.5) is 0 Å². The number of nitrogens with one attached hydrogen (secondary N) is 1. The lowest BCUT2D eigenvalue weighted by atomic mass is 9.97. The predicted octanol–water partition coefficient (Wildman–Crippen LogP) is 1.54. The van der Waals surface area contributed by atoms with Crippen molar-refractivity contribution in [2.45, 2.75) is 38.6 Å². The van der Waals surface area contributed by atoms with Crippen LogP contribution in [0.3, 0.4) is 0 Å². The van der Waals surface area contributed by atoms with Crippen molar-refractivity contribution in [1.29, 1.82) is 0 Å². The first kappa shape index (κ1) is 15.0. The number of carbonyl (C=O) groups is 1. The van der Waals surface area contributed by atoms with Crippen LogP contribution in [0.15, 0.2) is 28.4 Å². The van der Waals surface area contributed by atoms with Gasteiger partial charge < -0.3 is 5.32 Å². The largest absolute Gasteiger partial charge is 0.354 e. The topological polar surface area (TPSA) is 64.0 Å². The molecule has 1 aliphatic rings. The van der Waals surface area contributed by atoms with Crippen molar-refractivity contribution in [2.24, 2.45) is 0 Å². The van der Waals surface area contributed by atoms with E-state index in [0.717, 1.165) is 41.8 Å². The van der Waals surface area contributed by atoms with Gasteiger partial charge in [0.05, 0.1) is 18.7 Å². The number of thiophene rings is 1. The molecule has 0 saturated carbocycles. The van der Waals surface area contributed by atoms with Crippen molar-refractivity contribution in [2.75, 3.05) is 6.54 Å². The third-order valence-electron chi connectivity index (χ3n) is 3.83. The summed E-state index contributed by atoms with van der Waals surface area (Å²) in [4.78, 5) is 24.9. The number of amides is 1. The van der Waals surface area contributed by atoms with Gasteiger partial charge in [-0.15, -0.1) is 11.3 Å². The van der Waals surface area contributed by atoms with Crippen LogP contribution in [0.5, 0.6) is 0 Å². The Kier molecular flexibility index (Phi) is 4.68. The molecule has 6 heteroatoms. The maximum atomic E-state index is 12.0. The van der Waals surface area contributed by atoms with E-state index in [2.05, 4.69) is 10.4 Å². The second-order valence-corrected chi connectivity index (χ2v) is 6.52. The molecule has 0 aromatic carbocycles. The molecule has 22 heavy (non-hydrogen) atoms. The number of hydrogen-bond acceptors (Lipinski definition) is 4. The molecule has 0 fully saturated rings. The second kappa shape index (κ2) is 6.87. The normalized spacial score (nSPS) is 13.6.